The average Bonchev–Trinajstić information content (AvgIpc) is 2.54. The maximum Gasteiger partial charge on any atom is 0.254 e. The summed E-state index contributed by atoms with van der Waals surface area (Å²) in [6.07, 6.45) is 2.24. The molecule has 0 saturated carbocycles. The van der Waals surface area contributed by atoms with Crippen molar-refractivity contribution in [2.45, 2.75) is 39.7 Å². The van der Waals surface area contributed by atoms with Crippen molar-refractivity contribution in [2.24, 2.45) is 11.8 Å². The van der Waals surface area contributed by atoms with Crippen molar-refractivity contribution in [1.29, 1.82) is 0 Å². The lowest BCUT2D eigenvalue weighted by Gasteiger charge is -2.38. The number of benzene rings is 1. The van der Waals surface area contributed by atoms with Gasteiger partial charge in [-0.25, -0.2) is 13.2 Å². The van der Waals surface area contributed by atoms with Crippen LogP contribution in [0.2, 0.25) is 0 Å². The van der Waals surface area contributed by atoms with Crippen LogP contribution in [0.25, 0.3) is 0 Å². The van der Waals surface area contributed by atoms with E-state index in [4.69, 9.17) is 0 Å². The van der Waals surface area contributed by atoms with Crippen molar-refractivity contribution >= 4 is 5.91 Å². The van der Waals surface area contributed by atoms with Gasteiger partial charge in [-0.3, -0.25) is 9.69 Å². The SMILES string of the molecule is CC1CCN([C@H](CNC(=O)c2ccc(F)c(F)c2F)C(C)C)CC1. The maximum atomic E-state index is 13.7. The molecule has 1 N–H and O–H groups in total. The van der Waals surface area contributed by atoms with E-state index in [9.17, 15) is 18.0 Å². The second kappa shape index (κ2) is 8.01. The lowest BCUT2D eigenvalue weighted by molar-refractivity contribution is 0.0859. The lowest BCUT2D eigenvalue weighted by atomic mass is 9.94. The molecular weight excluding hydrogens is 317 g/mol. The first-order valence-corrected chi connectivity index (χ1v) is 8.47. The van der Waals surface area contributed by atoms with Gasteiger partial charge in [0, 0.05) is 12.6 Å². The molecule has 0 unspecified atom stereocenters. The van der Waals surface area contributed by atoms with Crippen molar-refractivity contribution in [2.75, 3.05) is 19.6 Å². The van der Waals surface area contributed by atoms with Crippen LogP contribution >= 0.6 is 0 Å². The number of piperidine rings is 1. The number of nitrogens with zero attached hydrogens (tertiary/aromatic N) is 1. The van der Waals surface area contributed by atoms with Crippen LogP contribution in [0.3, 0.4) is 0 Å². The largest absolute Gasteiger partial charge is 0.350 e. The van der Waals surface area contributed by atoms with E-state index >= 15 is 0 Å². The number of nitrogens with one attached hydrogen (secondary N) is 1. The van der Waals surface area contributed by atoms with Gasteiger partial charge in [0.2, 0.25) is 0 Å². The molecule has 6 heteroatoms. The highest BCUT2D eigenvalue weighted by atomic mass is 19.2. The molecule has 1 amide bonds. The van der Waals surface area contributed by atoms with Gasteiger partial charge in [-0.2, -0.15) is 0 Å². The third-order valence-electron chi connectivity index (χ3n) is 4.81. The standard InChI is InChI=1S/C18H25F3N2O/c1-11(2)15(23-8-6-12(3)7-9-23)10-22-18(24)13-4-5-14(19)17(21)16(13)20/h4-5,11-12,15H,6-10H2,1-3H3,(H,22,24)/t15-/m1/s1. The molecule has 0 aromatic heterocycles. The molecule has 0 aliphatic carbocycles. The first kappa shape index (κ1) is 18.8. The molecule has 1 aromatic rings. The van der Waals surface area contributed by atoms with Crippen LogP contribution in [0, 0.1) is 29.3 Å². The average molecular weight is 342 g/mol. The minimum atomic E-state index is -1.62. The van der Waals surface area contributed by atoms with Crippen molar-refractivity contribution < 1.29 is 18.0 Å². The molecule has 1 fully saturated rings. The van der Waals surface area contributed by atoms with E-state index in [1.165, 1.54) is 0 Å². The highest BCUT2D eigenvalue weighted by molar-refractivity contribution is 5.94. The zero-order chi connectivity index (χ0) is 17.9. The Hall–Kier alpha value is -1.56. The van der Waals surface area contributed by atoms with Gasteiger partial charge in [0.15, 0.2) is 17.5 Å². The topological polar surface area (TPSA) is 32.3 Å². The predicted octanol–water partition coefficient (Wildman–Crippen LogP) is 3.59. The van der Waals surface area contributed by atoms with Gasteiger partial charge in [0.25, 0.3) is 5.91 Å². The summed E-state index contributed by atoms with van der Waals surface area (Å²) in [6.45, 7) is 8.68. The second-order valence-electron chi connectivity index (χ2n) is 6.96. The summed E-state index contributed by atoms with van der Waals surface area (Å²) >= 11 is 0. The summed E-state index contributed by atoms with van der Waals surface area (Å²) in [5.74, 6) is -4.06. The predicted molar refractivity (Wildman–Crippen MR) is 87.2 cm³/mol. The Morgan fingerprint density at radius 2 is 1.83 bits per heavy atom. The van der Waals surface area contributed by atoms with Crippen molar-refractivity contribution in [3.8, 4) is 0 Å². The van der Waals surface area contributed by atoms with Gasteiger partial charge < -0.3 is 5.32 Å². The van der Waals surface area contributed by atoms with E-state index in [1.54, 1.807) is 0 Å². The third-order valence-corrected chi connectivity index (χ3v) is 4.81. The fourth-order valence-corrected chi connectivity index (χ4v) is 3.14. The molecule has 1 saturated heterocycles. The zero-order valence-corrected chi connectivity index (χ0v) is 14.4. The third kappa shape index (κ3) is 4.29. The number of hydrogen-bond acceptors (Lipinski definition) is 2. The second-order valence-corrected chi connectivity index (χ2v) is 6.96. The quantitative estimate of drug-likeness (QED) is 0.830. The Kier molecular flexibility index (Phi) is 6.27. The Labute approximate surface area is 141 Å². The monoisotopic (exact) mass is 342 g/mol. The maximum absolute atomic E-state index is 13.7. The van der Waals surface area contributed by atoms with Crippen LogP contribution in [-0.4, -0.2) is 36.5 Å². The fraction of sp³-hybridized carbons (Fsp3) is 0.611. The van der Waals surface area contributed by atoms with Gasteiger partial charge in [0.1, 0.15) is 0 Å². The van der Waals surface area contributed by atoms with E-state index in [2.05, 4.69) is 31.0 Å². The molecule has 3 nitrogen and oxygen atoms in total. The minimum Gasteiger partial charge on any atom is -0.350 e. The molecule has 134 valence electrons. The Bertz CT molecular complexity index is 584. The van der Waals surface area contributed by atoms with Crippen molar-refractivity contribution in [1.82, 2.24) is 10.2 Å². The van der Waals surface area contributed by atoms with Gasteiger partial charge in [-0.1, -0.05) is 20.8 Å². The van der Waals surface area contributed by atoms with Crippen LogP contribution in [-0.2, 0) is 0 Å². The molecule has 1 aliphatic heterocycles. The van der Waals surface area contributed by atoms with Gasteiger partial charge >= 0.3 is 0 Å². The number of carbonyl (C=O) groups excluding carboxylic acids is 1. The zero-order valence-electron chi connectivity index (χ0n) is 14.4. The number of carbonyl (C=O) groups is 1. The molecule has 24 heavy (non-hydrogen) atoms. The number of hydrogen-bond donors (Lipinski definition) is 1. The van der Waals surface area contributed by atoms with E-state index in [-0.39, 0.29) is 6.04 Å². The number of likely N-dealkylation sites (tertiary alicyclic amines) is 1. The summed E-state index contributed by atoms with van der Waals surface area (Å²) in [5, 5.41) is 2.67. The molecule has 0 bridgehead atoms. The molecule has 1 aromatic carbocycles. The fourth-order valence-electron chi connectivity index (χ4n) is 3.14. The summed E-state index contributed by atoms with van der Waals surface area (Å²) in [7, 11) is 0. The Morgan fingerprint density at radius 3 is 2.42 bits per heavy atom. The molecule has 1 atom stereocenters. The van der Waals surface area contributed by atoms with Crippen molar-refractivity contribution in [3.05, 3.63) is 35.1 Å². The lowest BCUT2D eigenvalue weighted by Crippen LogP contribution is -2.49. The van der Waals surface area contributed by atoms with Crippen LogP contribution in [0.1, 0.15) is 44.0 Å². The molecular formula is C18H25F3N2O. The minimum absolute atomic E-state index is 0.134. The Balaban J connectivity index is 2.01. The number of halogens is 3. The van der Waals surface area contributed by atoms with Crippen LogP contribution in [0.4, 0.5) is 13.2 Å². The van der Waals surface area contributed by atoms with Crippen molar-refractivity contribution in [3.63, 3.8) is 0 Å². The molecule has 2 rings (SSSR count). The van der Waals surface area contributed by atoms with E-state index in [0.717, 1.165) is 38.1 Å². The summed E-state index contributed by atoms with van der Waals surface area (Å²) in [5.41, 5.74) is -0.469. The first-order valence-electron chi connectivity index (χ1n) is 8.47. The summed E-state index contributed by atoms with van der Waals surface area (Å²) in [6, 6.07) is 1.87. The van der Waals surface area contributed by atoms with Gasteiger partial charge in [0.05, 0.1) is 5.56 Å². The first-order chi connectivity index (χ1) is 11.3. The Morgan fingerprint density at radius 1 is 1.21 bits per heavy atom. The van der Waals surface area contributed by atoms with E-state index in [1.807, 2.05) is 0 Å². The van der Waals surface area contributed by atoms with E-state index < -0.39 is 28.9 Å². The number of amides is 1. The molecule has 1 heterocycles. The smallest absolute Gasteiger partial charge is 0.254 e. The molecule has 0 radical (unpaired) electrons. The van der Waals surface area contributed by atoms with Crippen LogP contribution in [0.5, 0.6) is 0 Å². The normalized spacial score (nSPS) is 18.0. The highest BCUT2D eigenvalue weighted by Gasteiger charge is 2.27. The number of rotatable bonds is 5. The summed E-state index contributed by atoms with van der Waals surface area (Å²) < 4.78 is 39.9. The van der Waals surface area contributed by atoms with E-state index in [0.29, 0.717) is 18.4 Å². The van der Waals surface area contributed by atoms with Gasteiger partial charge in [-0.15, -0.1) is 0 Å². The highest BCUT2D eigenvalue weighted by Crippen LogP contribution is 2.21. The van der Waals surface area contributed by atoms with Gasteiger partial charge in [-0.05, 0) is 49.9 Å². The van der Waals surface area contributed by atoms with Crippen LogP contribution < -0.4 is 5.32 Å². The van der Waals surface area contributed by atoms with Crippen LogP contribution in [0.15, 0.2) is 12.1 Å². The molecule has 0 spiro atoms. The molecule has 1 aliphatic rings. The summed E-state index contributed by atoms with van der Waals surface area (Å²) in [4.78, 5) is 14.5.